The Morgan fingerprint density at radius 2 is 1.86 bits per heavy atom. The van der Waals surface area contributed by atoms with E-state index in [9.17, 15) is 0 Å². The summed E-state index contributed by atoms with van der Waals surface area (Å²) in [5.74, 6) is 1.81. The molecule has 0 amide bonds. The van der Waals surface area contributed by atoms with Crippen molar-refractivity contribution < 1.29 is 0 Å². The fourth-order valence-electron chi connectivity index (χ4n) is 2.82. The molecule has 1 fully saturated rings. The van der Waals surface area contributed by atoms with E-state index in [-0.39, 0.29) is 0 Å². The van der Waals surface area contributed by atoms with Gasteiger partial charge in [0, 0.05) is 31.4 Å². The van der Waals surface area contributed by atoms with Crippen LogP contribution >= 0.6 is 11.8 Å². The fourth-order valence-corrected chi connectivity index (χ4v) is 3.81. The molecule has 0 aliphatic carbocycles. The summed E-state index contributed by atoms with van der Waals surface area (Å²) in [5.41, 5.74) is 0.797. The Balaban J connectivity index is 1.47. The molecule has 0 aromatic carbocycles. The van der Waals surface area contributed by atoms with Crippen molar-refractivity contribution in [3.63, 3.8) is 0 Å². The second-order valence-corrected chi connectivity index (χ2v) is 7.14. The minimum Gasteiger partial charge on any atom is -0.352 e. The number of nitrogens with zero attached hydrogens (tertiary/aromatic N) is 7. The van der Waals surface area contributed by atoms with E-state index in [1.165, 1.54) is 5.17 Å². The maximum atomic E-state index is 4.66. The molecule has 1 saturated heterocycles. The van der Waals surface area contributed by atoms with Gasteiger partial charge in [-0.25, -0.2) is 0 Å². The largest absolute Gasteiger partial charge is 0.352 e. The van der Waals surface area contributed by atoms with Gasteiger partial charge in [0.25, 0.3) is 0 Å². The SMILES string of the molecule is Cc1nnc2ccc(N3CCN(C4=NC[C@H](C)S4)CC3)nn12. The first kappa shape index (κ1) is 13.8. The Morgan fingerprint density at radius 3 is 2.59 bits per heavy atom. The third kappa shape index (κ3) is 2.41. The van der Waals surface area contributed by atoms with Crippen molar-refractivity contribution in [3.05, 3.63) is 18.0 Å². The Morgan fingerprint density at radius 1 is 1.09 bits per heavy atom. The summed E-state index contributed by atoms with van der Waals surface area (Å²) in [4.78, 5) is 9.35. The molecule has 4 rings (SSSR count). The maximum Gasteiger partial charge on any atom is 0.178 e. The smallest absolute Gasteiger partial charge is 0.178 e. The predicted octanol–water partition coefficient (Wildman–Crippen LogP) is 1.05. The molecule has 2 aliphatic heterocycles. The zero-order valence-corrected chi connectivity index (χ0v) is 13.6. The van der Waals surface area contributed by atoms with E-state index >= 15 is 0 Å². The summed E-state index contributed by atoms with van der Waals surface area (Å²) in [6.45, 7) is 9.04. The third-order valence-corrected chi connectivity index (χ3v) is 5.22. The average Bonchev–Trinajstić information content (AvgIpc) is 3.14. The van der Waals surface area contributed by atoms with Crippen LogP contribution in [0.5, 0.6) is 0 Å². The summed E-state index contributed by atoms with van der Waals surface area (Å²) in [5, 5.41) is 14.6. The summed E-state index contributed by atoms with van der Waals surface area (Å²) in [7, 11) is 0. The van der Waals surface area contributed by atoms with Crippen LogP contribution in [-0.2, 0) is 0 Å². The molecule has 0 radical (unpaired) electrons. The lowest BCUT2D eigenvalue weighted by atomic mass is 10.3. The van der Waals surface area contributed by atoms with Crippen LogP contribution in [0.2, 0.25) is 0 Å². The predicted molar refractivity (Wildman–Crippen MR) is 88.7 cm³/mol. The zero-order valence-electron chi connectivity index (χ0n) is 12.8. The molecule has 2 aromatic rings. The molecule has 0 spiro atoms. The standard InChI is InChI=1S/C14H19N7S/c1-10-9-15-14(22-10)20-7-5-19(6-8-20)13-4-3-12-17-16-11(2)21(12)18-13/h3-4,10H,5-9H2,1-2H3/t10-/m0/s1. The minimum atomic E-state index is 0.619. The molecule has 116 valence electrons. The molecule has 22 heavy (non-hydrogen) atoms. The van der Waals surface area contributed by atoms with Crippen LogP contribution in [-0.4, -0.2) is 67.9 Å². The molecular formula is C14H19N7S. The van der Waals surface area contributed by atoms with Gasteiger partial charge < -0.3 is 9.80 Å². The molecule has 0 unspecified atom stereocenters. The lowest BCUT2D eigenvalue weighted by Crippen LogP contribution is -2.48. The Kier molecular flexibility index (Phi) is 3.40. The summed E-state index contributed by atoms with van der Waals surface area (Å²) >= 11 is 1.90. The fraction of sp³-hybridized carbons (Fsp3) is 0.571. The third-order valence-electron chi connectivity index (χ3n) is 4.07. The second kappa shape index (κ2) is 5.42. The van der Waals surface area contributed by atoms with Crippen molar-refractivity contribution in [1.29, 1.82) is 0 Å². The highest BCUT2D eigenvalue weighted by Crippen LogP contribution is 2.24. The minimum absolute atomic E-state index is 0.619. The number of aliphatic imine (C=N–C) groups is 1. The van der Waals surface area contributed by atoms with Crippen LogP contribution in [0.15, 0.2) is 17.1 Å². The zero-order chi connectivity index (χ0) is 15.1. The van der Waals surface area contributed by atoms with Gasteiger partial charge in [-0.05, 0) is 19.1 Å². The van der Waals surface area contributed by atoms with Crippen molar-refractivity contribution in [2.75, 3.05) is 37.6 Å². The van der Waals surface area contributed by atoms with Crippen molar-refractivity contribution >= 4 is 28.4 Å². The Hall–Kier alpha value is -1.83. The first-order valence-corrected chi connectivity index (χ1v) is 8.49. The lowest BCUT2D eigenvalue weighted by Gasteiger charge is -2.36. The van der Waals surface area contributed by atoms with Gasteiger partial charge in [0.2, 0.25) is 0 Å². The van der Waals surface area contributed by atoms with Crippen molar-refractivity contribution in [2.45, 2.75) is 19.1 Å². The molecule has 1 atom stereocenters. The number of aryl methyl sites for hydroxylation is 1. The van der Waals surface area contributed by atoms with E-state index in [2.05, 4.69) is 37.0 Å². The molecule has 0 bridgehead atoms. The van der Waals surface area contributed by atoms with E-state index in [1.54, 1.807) is 4.52 Å². The first-order valence-electron chi connectivity index (χ1n) is 7.61. The lowest BCUT2D eigenvalue weighted by molar-refractivity contribution is 0.390. The summed E-state index contributed by atoms with van der Waals surface area (Å²) in [6, 6.07) is 4.01. The van der Waals surface area contributed by atoms with Crippen LogP contribution in [0.4, 0.5) is 5.82 Å². The second-order valence-electron chi connectivity index (χ2n) is 5.73. The first-order chi connectivity index (χ1) is 10.7. The normalized spacial score (nSPS) is 22.5. The molecular weight excluding hydrogens is 298 g/mol. The van der Waals surface area contributed by atoms with Crippen LogP contribution in [0, 0.1) is 6.92 Å². The van der Waals surface area contributed by atoms with Gasteiger partial charge in [-0.15, -0.1) is 15.3 Å². The topological polar surface area (TPSA) is 61.9 Å². The molecule has 2 aromatic heterocycles. The molecule has 4 heterocycles. The summed E-state index contributed by atoms with van der Waals surface area (Å²) in [6.07, 6.45) is 0. The van der Waals surface area contributed by atoms with Gasteiger partial charge in [0.15, 0.2) is 16.6 Å². The maximum absolute atomic E-state index is 4.66. The number of amidine groups is 1. The highest BCUT2D eigenvalue weighted by molar-refractivity contribution is 8.14. The van der Waals surface area contributed by atoms with Gasteiger partial charge in [0.05, 0.1) is 6.54 Å². The van der Waals surface area contributed by atoms with Crippen LogP contribution in [0.25, 0.3) is 5.65 Å². The van der Waals surface area contributed by atoms with Crippen LogP contribution < -0.4 is 4.90 Å². The van der Waals surface area contributed by atoms with Crippen molar-refractivity contribution in [1.82, 2.24) is 24.7 Å². The Bertz CT molecular complexity index is 717. The monoisotopic (exact) mass is 317 g/mol. The highest BCUT2D eigenvalue weighted by Gasteiger charge is 2.25. The number of aromatic nitrogens is 4. The number of hydrogen-bond acceptors (Lipinski definition) is 7. The number of anilines is 1. The van der Waals surface area contributed by atoms with E-state index in [0.717, 1.165) is 50.0 Å². The van der Waals surface area contributed by atoms with Gasteiger partial charge in [-0.3, -0.25) is 4.99 Å². The Labute approximate surface area is 133 Å². The average molecular weight is 317 g/mol. The summed E-state index contributed by atoms with van der Waals surface area (Å²) < 4.78 is 1.81. The van der Waals surface area contributed by atoms with E-state index < -0.39 is 0 Å². The molecule has 8 heteroatoms. The van der Waals surface area contributed by atoms with E-state index in [1.807, 2.05) is 30.8 Å². The van der Waals surface area contributed by atoms with E-state index in [4.69, 9.17) is 0 Å². The number of rotatable bonds is 1. The van der Waals surface area contributed by atoms with Gasteiger partial charge in [-0.2, -0.15) is 4.52 Å². The van der Waals surface area contributed by atoms with E-state index in [0.29, 0.717) is 5.25 Å². The molecule has 2 aliphatic rings. The molecule has 7 nitrogen and oxygen atoms in total. The van der Waals surface area contributed by atoms with Crippen molar-refractivity contribution in [2.24, 2.45) is 4.99 Å². The van der Waals surface area contributed by atoms with Gasteiger partial charge >= 0.3 is 0 Å². The quantitative estimate of drug-likeness (QED) is 0.783. The van der Waals surface area contributed by atoms with Gasteiger partial charge in [0.1, 0.15) is 5.82 Å². The number of piperazine rings is 1. The van der Waals surface area contributed by atoms with Crippen LogP contribution in [0.3, 0.4) is 0 Å². The molecule has 0 saturated carbocycles. The highest BCUT2D eigenvalue weighted by atomic mass is 32.2. The number of hydrogen-bond donors (Lipinski definition) is 0. The van der Waals surface area contributed by atoms with Crippen molar-refractivity contribution in [3.8, 4) is 0 Å². The van der Waals surface area contributed by atoms with Crippen LogP contribution in [0.1, 0.15) is 12.7 Å². The number of fused-ring (bicyclic) bond motifs is 1. The number of thioether (sulfide) groups is 1. The van der Waals surface area contributed by atoms with Gasteiger partial charge in [-0.1, -0.05) is 18.7 Å². The molecule has 0 N–H and O–H groups in total.